The van der Waals surface area contributed by atoms with Crippen LogP contribution in [0.4, 0.5) is 0 Å². The molecule has 0 unspecified atom stereocenters. The Kier molecular flexibility index (Phi) is 9.59. The number of hydrogen-bond donors (Lipinski definition) is 0. The van der Waals surface area contributed by atoms with Gasteiger partial charge in [0.05, 0.1) is 0 Å². The summed E-state index contributed by atoms with van der Waals surface area (Å²) in [4.78, 5) is 4.55. The van der Waals surface area contributed by atoms with Crippen molar-refractivity contribution in [2.24, 2.45) is 0 Å². The van der Waals surface area contributed by atoms with Gasteiger partial charge in [-0.15, -0.1) is 11.8 Å². The van der Waals surface area contributed by atoms with Crippen molar-refractivity contribution >= 4 is 11.8 Å². The molecule has 88 valence electrons. The van der Waals surface area contributed by atoms with Gasteiger partial charge in [0.25, 0.3) is 0 Å². The van der Waals surface area contributed by atoms with Crippen molar-refractivity contribution in [2.75, 3.05) is 26.2 Å². The predicted molar refractivity (Wildman–Crippen MR) is 71.7 cm³/mol. The van der Waals surface area contributed by atoms with Crippen LogP contribution in [0.5, 0.6) is 0 Å². The Balaban J connectivity index is 3.76. The zero-order valence-corrected chi connectivity index (χ0v) is 11.3. The van der Waals surface area contributed by atoms with E-state index in [0.717, 1.165) is 26.2 Å². The largest absolute Gasteiger partial charge is 0.377 e. The average molecular weight is 228 g/mol. The van der Waals surface area contributed by atoms with Crippen LogP contribution in [-0.2, 0) is 0 Å². The van der Waals surface area contributed by atoms with Crippen LogP contribution in [0.15, 0.2) is 23.2 Å². The van der Waals surface area contributed by atoms with Gasteiger partial charge >= 0.3 is 0 Å². The summed E-state index contributed by atoms with van der Waals surface area (Å²) in [5.41, 5.74) is 0. The molecule has 0 spiro atoms. The van der Waals surface area contributed by atoms with E-state index in [1.54, 1.807) is 11.8 Å². The molecular formula is C12H24N2S. The molecule has 0 N–H and O–H groups in total. The number of hydrogen-bond acceptors (Lipinski definition) is 3. The third-order valence-corrected chi connectivity index (χ3v) is 2.88. The molecule has 0 fully saturated rings. The molecule has 0 aliphatic heterocycles. The standard InChI is InChI=1S/C12H24N2S/c1-5-13(6-2)9-11-15-12-10-14(7-3)8-4/h9-12H,5-8H2,1-4H3. The highest BCUT2D eigenvalue weighted by atomic mass is 32.2. The molecule has 0 aromatic carbocycles. The minimum Gasteiger partial charge on any atom is -0.377 e. The van der Waals surface area contributed by atoms with Gasteiger partial charge in [-0.05, 0) is 38.5 Å². The molecular weight excluding hydrogens is 204 g/mol. The lowest BCUT2D eigenvalue weighted by atomic mass is 10.5. The van der Waals surface area contributed by atoms with Crippen LogP contribution in [0.25, 0.3) is 0 Å². The highest BCUT2D eigenvalue weighted by Crippen LogP contribution is 2.06. The summed E-state index contributed by atoms with van der Waals surface area (Å²) in [6.07, 6.45) is 4.30. The van der Waals surface area contributed by atoms with Crippen molar-refractivity contribution in [3.63, 3.8) is 0 Å². The molecule has 0 aromatic rings. The van der Waals surface area contributed by atoms with Crippen LogP contribution in [0.1, 0.15) is 27.7 Å². The van der Waals surface area contributed by atoms with Gasteiger partial charge in [0.1, 0.15) is 0 Å². The van der Waals surface area contributed by atoms with Crippen LogP contribution in [0.3, 0.4) is 0 Å². The van der Waals surface area contributed by atoms with Gasteiger partial charge in [0, 0.05) is 38.6 Å². The average Bonchev–Trinajstić information content (AvgIpc) is 2.29. The molecule has 0 atom stereocenters. The molecule has 3 heteroatoms. The van der Waals surface area contributed by atoms with E-state index in [0.29, 0.717) is 0 Å². The second-order valence-corrected chi connectivity index (χ2v) is 3.97. The third kappa shape index (κ3) is 7.37. The van der Waals surface area contributed by atoms with E-state index in [-0.39, 0.29) is 0 Å². The van der Waals surface area contributed by atoms with E-state index in [9.17, 15) is 0 Å². The third-order valence-electron chi connectivity index (χ3n) is 2.33. The predicted octanol–water partition coefficient (Wildman–Crippen LogP) is 3.35. The molecule has 0 saturated heterocycles. The van der Waals surface area contributed by atoms with Crippen LogP contribution in [0.2, 0.25) is 0 Å². The first-order chi connectivity index (χ1) is 7.28. The summed E-state index contributed by atoms with van der Waals surface area (Å²) in [5.74, 6) is 0. The first kappa shape index (κ1) is 14.4. The Hall–Kier alpha value is -0.570. The molecule has 0 bridgehead atoms. The lowest BCUT2D eigenvalue weighted by molar-refractivity contribution is 0.419. The van der Waals surface area contributed by atoms with E-state index < -0.39 is 0 Å². The molecule has 0 aliphatic rings. The quantitative estimate of drug-likeness (QED) is 0.629. The summed E-state index contributed by atoms with van der Waals surface area (Å²) >= 11 is 1.73. The second-order valence-electron chi connectivity index (χ2n) is 3.15. The van der Waals surface area contributed by atoms with Gasteiger partial charge < -0.3 is 9.80 Å². The van der Waals surface area contributed by atoms with Crippen molar-refractivity contribution in [3.05, 3.63) is 23.2 Å². The number of nitrogens with zero attached hydrogens (tertiary/aromatic N) is 2. The Labute approximate surface area is 99.0 Å². The first-order valence-corrected chi connectivity index (χ1v) is 6.69. The molecule has 0 saturated carbocycles. The highest BCUT2D eigenvalue weighted by Gasteiger charge is 1.89. The zero-order valence-electron chi connectivity index (χ0n) is 10.4. The lowest BCUT2D eigenvalue weighted by Crippen LogP contribution is -2.15. The van der Waals surface area contributed by atoms with E-state index in [2.05, 4.69) is 60.7 Å². The van der Waals surface area contributed by atoms with E-state index in [1.807, 2.05) is 0 Å². The van der Waals surface area contributed by atoms with Gasteiger partial charge in [0.2, 0.25) is 0 Å². The Bertz CT molecular complexity index is 162. The fourth-order valence-electron chi connectivity index (χ4n) is 1.16. The SMILES string of the molecule is CCN(C=CSC=CN(CC)CC)CC. The van der Waals surface area contributed by atoms with Crippen molar-refractivity contribution < 1.29 is 0 Å². The van der Waals surface area contributed by atoms with Gasteiger partial charge in [-0.2, -0.15) is 0 Å². The van der Waals surface area contributed by atoms with Crippen LogP contribution in [0, 0.1) is 0 Å². The monoisotopic (exact) mass is 228 g/mol. The molecule has 0 aromatic heterocycles. The Morgan fingerprint density at radius 2 is 1.07 bits per heavy atom. The normalized spacial score (nSPS) is 11.5. The molecule has 0 amide bonds. The molecule has 0 aliphatic carbocycles. The summed E-state index contributed by atoms with van der Waals surface area (Å²) in [6.45, 7) is 13.0. The maximum Gasteiger partial charge on any atom is 0.0144 e. The molecule has 0 rings (SSSR count). The van der Waals surface area contributed by atoms with E-state index in [1.165, 1.54) is 0 Å². The summed E-state index contributed by atoms with van der Waals surface area (Å²) in [5, 5.41) is 4.26. The van der Waals surface area contributed by atoms with Crippen molar-refractivity contribution in [2.45, 2.75) is 27.7 Å². The van der Waals surface area contributed by atoms with Gasteiger partial charge in [-0.25, -0.2) is 0 Å². The lowest BCUT2D eigenvalue weighted by Gasteiger charge is -2.15. The van der Waals surface area contributed by atoms with Gasteiger partial charge in [-0.1, -0.05) is 0 Å². The van der Waals surface area contributed by atoms with Crippen molar-refractivity contribution in [3.8, 4) is 0 Å². The molecule has 2 nitrogen and oxygen atoms in total. The summed E-state index contributed by atoms with van der Waals surface area (Å²) < 4.78 is 0. The van der Waals surface area contributed by atoms with Crippen molar-refractivity contribution in [1.29, 1.82) is 0 Å². The smallest absolute Gasteiger partial charge is 0.0144 e. The first-order valence-electron chi connectivity index (χ1n) is 5.75. The summed E-state index contributed by atoms with van der Waals surface area (Å²) in [6, 6.07) is 0. The maximum atomic E-state index is 2.28. The van der Waals surface area contributed by atoms with Crippen LogP contribution >= 0.6 is 11.8 Å². The molecule has 0 heterocycles. The zero-order chi connectivity index (χ0) is 11.5. The second kappa shape index (κ2) is 9.97. The molecule has 15 heavy (non-hydrogen) atoms. The van der Waals surface area contributed by atoms with Crippen LogP contribution < -0.4 is 0 Å². The van der Waals surface area contributed by atoms with E-state index >= 15 is 0 Å². The topological polar surface area (TPSA) is 6.48 Å². The van der Waals surface area contributed by atoms with Gasteiger partial charge in [0.15, 0.2) is 0 Å². The fourth-order valence-corrected chi connectivity index (χ4v) is 1.73. The van der Waals surface area contributed by atoms with Crippen molar-refractivity contribution in [1.82, 2.24) is 9.80 Å². The Morgan fingerprint density at radius 3 is 1.33 bits per heavy atom. The minimum absolute atomic E-state index is 1.08. The number of thioether (sulfide) groups is 1. The highest BCUT2D eigenvalue weighted by molar-refractivity contribution is 8.04. The fraction of sp³-hybridized carbons (Fsp3) is 0.667. The van der Waals surface area contributed by atoms with Crippen LogP contribution in [-0.4, -0.2) is 36.0 Å². The number of rotatable bonds is 8. The minimum atomic E-state index is 1.08. The maximum absolute atomic E-state index is 2.28. The Morgan fingerprint density at radius 1 is 0.733 bits per heavy atom. The van der Waals surface area contributed by atoms with Gasteiger partial charge in [-0.3, -0.25) is 0 Å². The summed E-state index contributed by atoms with van der Waals surface area (Å²) in [7, 11) is 0. The molecule has 0 radical (unpaired) electrons. The van der Waals surface area contributed by atoms with E-state index in [4.69, 9.17) is 0 Å².